The Kier molecular flexibility index (Phi) is 7.18. The molecule has 5 nitrogen and oxygen atoms in total. The molecule has 0 aliphatic carbocycles. The van der Waals surface area contributed by atoms with Crippen molar-refractivity contribution in [3.8, 4) is 5.75 Å². The van der Waals surface area contributed by atoms with Gasteiger partial charge in [0.2, 0.25) is 0 Å². The zero-order valence-corrected chi connectivity index (χ0v) is 14.0. The number of amides is 2. The summed E-state index contributed by atoms with van der Waals surface area (Å²) in [6.45, 7) is 6.72. The Balaban J connectivity index is 2.56. The normalized spacial score (nSPS) is 12.6. The molecule has 3 N–H and O–H groups in total. The highest BCUT2D eigenvalue weighted by atomic mass is 16.5. The summed E-state index contributed by atoms with van der Waals surface area (Å²) in [6.07, 6.45) is 1.46. The minimum atomic E-state index is -0.186. The lowest BCUT2D eigenvalue weighted by molar-refractivity contribution is 0.200. The molecule has 0 heterocycles. The van der Waals surface area contributed by atoms with Gasteiger partial charge >= 0.3 is 6.03 Å². The van der Waals surface area contributed by atoms with Crippen molar-refractivity contribution in [3.05, 3.63) is 29.8 Å². The molecule has 0 aliphatic rings. The van der Waals surface area contributed by atoms with Gasteiger partial charge in [-0.1, -0.05) is 32.9 Å². The maximum Gasteiger partial charge on any atom is 0.315 e. The number of hydrogen-bond acceptors (Lipinski definition) is 3. The lowest BCUT2D eigenvalue weighted by Crippen LogP contribution is -2.42. The van der Waals surface area contributed by atoms with E-state index in [-0.39, 0.29) is 24.1 Å². The number of aliphatic hydroxyl groups excluding tert-OH is 1. The van der Waals surface area contributed by atoms with Crippen molar-refractivity contribution in [1.29, 1.82) is 0 Å². The Morgan fingerprint density at radius 2 is 1.95 bits per heavy atom. The molecule has 0 aliphatic heterocycles. The quantitative estimate of drug-likeness (QED) is 0.691. The molecule has 124 valence electrons. The minimum absolute atomic E-state index is 0.0353. The Morgan fingerprint density at radius 1 is 1.32 bits per heavy atom. The van der Waals surface area contributed by atoms with Gasteiger partial charge in [-0.05, 0) is 36.0 Å². The predicted molar refractivity (Wildman–Crippen MR) is 88.0 cm³/mol. The lowest BCUT2D eigenvalue weighted by Gasteiger charge is -2.25. The molecule has 1 rings (SSSR count). The van der Waals surface area contributed by atoms with E-state index >= 15 is 0 Å². The molecule has 22 heavy (non-hydrogen) atoms. The van der Waals surface area contributed by atoms with Gasteiger partial charge in [0.15, 0.2) is 0 Å². The van der Waals surface area contributed by atoms with E-state index in [4.69, 9.17) is 9.84 Å². The van der Waals surface area contributed by atoms with Gasteiger partial charge < -0.3 is 20.5 Å². The lowest BCUT2D eigenvalue weighted by atomic mass is 9.90. The topological polar surface area (TPSA) is 70.6 Å². The highest BCUT2D eigenvalue weighted by Crippen LogP contribution is 2.20. The Bertz CT molecular complexity index is 457. The van der Waals surface area contributed by atoms with Crippen LogP contribution in [0.3, 0.4) is 0 Å². The molecular formula is C17H28N2O3. The van der Waals surface area contributed by atoms with E-state index in [1.807, 2.05) is 45.0 Å². The largest absolute Gasteiger partial charge is 0.497 e. The van der Waals surface area contributed by atoms with Crippen LogP contribution in [0.2, 0.25) is 0 Å². The smallest absolute Gasteiger partial charge is 0.315 e. The van der Waals surface area contributed by atoms with Gasteiger partial charge in [0, 0.05) is 13.2 Å². The summed E-state index contributed by atoms with van der Waals surface area (Å²) in [5.41, 5.74) is 0.932. The average Bonchev–Trinajstić information content (AvgIpc) is 2.51. The van der Waals surface area contributed by atoms with Crippen molar-refractivity contribution < 1.29 is 14.6 Å². The molecule has 0 radical (unpaired) electrons. The third-order valence-electron chi connectivity index (χ3n) is 3.75. The number of aliphatic hydroxyl groups is 1. The van der Waals surface area contributed by atoms with E-state index in [0.29, 0.717) is 13.0 Å². The molecule has 1 aromatic carbocycles. The van der Waals surface area contributed by atoms with Crippen LogP contribution in [-0.2, 0) is 0 Å². The number of carbonyl (C=O) groups excluding carboxylic acids is 1. The first-order valence-electron chi connectivity index (χ1n) is 7.71. The van der Waals surface area contributed by atoms with E-state index in [9.17, 15) is 4.79 Å². The number of methoxy groups -OCH3 is 1. The average molecular weight is 308 g/mol. The molecule has 2 amide bonds. The predicted octanol–water partition coefficient (Wildman–Crippen LogP) is 2.85. The van der Waals surface area contributed by atoms with Gasteiger partial charge in [0.25, 0.3) is 0 Å². The van der Waals surface area contributed by atoms with Gasteiger partial charge in [-0.3, -0.25) is 0 Å². The van der Waals surface area contributed by atoms with Crippen LogP contribution in [0.25, 0.3) is 0 Å². The minimum Gasteiger partial charge on any atom is -0.497 e. The Hall–Kier alpha value is -1.75. The molecule has 0 saturated heterocycles. The second kappa shape index (κ2) is 8.63. The summed E-state index contributed by atoms with van der Waals surface area (Å²) >= 11 is 0. The molecule has 0 spiro atoms. The number of rotatable bonds is 8. The fraction of sp³-hybridized carbons (Fsp3) is 0.588. The molecule has 0 bridgehead atoms. The molecule has 5 heteroatoms. The molecule has 1 aromatic rings. The van der Waals surface area contributed by atoms with Crippen LogP contribution < -0.4 is 15.4 Å². The summed E-state index contributed by atoms with van der Waals surface area (Å²) in [7, 11) is 1.63. The first-order chi connectivity index (χ1) is 10.4. The number of hydrogen-bond donors (Lipinski definition) is 3. The SMILES string of the molecule is CCC(NC(=O)NCC(C)(C)CCO)c1ccc(OC)cc1. The summed E-state index contributed by atoms with van der Waals surface area (Å²) < 4.78 is 5.14. The highest BCUT2D eigenvalue weighted by Gasteiger charge is 2.19. The first kappa shape index (κ1) is 18.3. The summed E-state index contributed by atoms with van der Waals surface area (Å²) in [5.74, 6) is 0.800. The van der Waals surface area contributed by atoms with Crippen LogP contribution in [0.4, 0.5) is 4.79 Å². The van der Waals surface area contributed by atoms with Crippen LogP contribution in [0.15, 0.2) is 24.3 Å². The monoisotopic (exact) mass is 308 g/mol. The molecule has 1 atom stereocenters. The Labute approximate surface area is 133 Å². The van der Waals surface area contributed by atoms with E-state index in [1.54, 1.807) is 7.11 Å². The first-order valence-corrected chi connectivity index (χ1v) is 7.71. The number of carbonyl (C=O) groups is 1. The van der Waals surface area contributed by atoms with Crippen LogP contribution >= 0.6 is 0 Å². The second-order valence-electron chi connectivity index (χ2n) is 6.20. The van der Waals surface area contributed by atoms with E-state index in [2.05, 4.69) is 10.6 Å². The van der Waals surface area contributed by atoms with Crippen LogP contribution in [0, 0.1) is 5.41 Å². The zero-order chi connectivity index (χ0) is 16.6. The number of nitrogens with one attached hydrogen (secondary N) is 2. The summed E-state index contributed by atoms with van der Waals surface area (Å²) in [6, 6.07) is 7.48. The summed E-state index contributed by atoms with van der Waals surface area (Å²) in [5, 5.41) is 14.9. The second-order valence-corrected chi connectivity index (χ2v) is 6.20. The number of ether oxygens (including phenoxy) is 1. The maximum absolute atomic E-state index is 12.1. The van der Waals surface area contributed by atoms with E-state index in [1.165, 1.54) is 0 Å². The molecule has 1 unspecified atom stereocenters. The van der Waals surface area contributed by atoms with Crippen LogP contribution in [0.5, 0.6) is 5.75 Å². The third kappa shape index (κ3) is 5.93. The third-order valence-corrected chi connectivity index (χ3v) is 3.75. The van der Waals surface area contributed by atoms with Crippen LogP contribution in [0.1, 0.15) is 45.2 Å². The molecule has 0 aromatic heterocycles. The Morgan fingerprint density at radius 3 is 2.45 bits per heavy atom. The summed E-state index contributed by atoms with van der Waals surface area (Å²) in [4.78, 5) is 12.1. The van der Waals surface area contributed by atoms with Crippen molar-refractivity contribution in [1.82, 2.24) is 10.6 Å². The number of benzene rings is 1. The maximum atomic E-state index is 12.1. The van der Waals surface area contributed by atoms with Crippen molar-refractivity contribution in [3.63, 3.8) is 0 Å². The van der Waals surface area contributed by atoms with Crippen molar-refractivity contribution in [2.45, 2.75) is 39.7 Å². The highest BCUT2D eigenvalue weighted by molar-refractivity contribution is 5.74. The van der Waals surface area contributed by atoms with Gasteiger partial charge in [0.05, 0.1) is 13.2 Å². The zero-order valence-electron chi connectivity index (χ0n) is 14.0. The van der Waals surface area contributed by atoms with E-state index < -0.39 is 0 Å². The standard InChI is InChI=1S/C17H28N2O3/c1-5-15(13-6-8-14(22-4)9-7-13)19-16(21)18-12-17(2,3)10-11-20/h6-9,15,20H,5,10-12H2,1-4H3,(H2,18,19,21). The van der Waals surface area contributed by atoms with Crippen molar-refractivity contribution in [2.24, 2.45) is 5.41 Å². The molecule has 0 fully saturated rings. The fourth-order valence-electron chi connectivity index (χ4n) is 2.18. The van der Waals surface area contributed by atoms with Crippen molar-refractivity contribution in [2.75, 3.05) is 20.3 Å². The van der Waals surface area contributed by atoms with Gasteiger partial charge in [-0.25, -0.2) is 4.79 Å². The van der Waals surface area contributed by atoms with Crippen molar-refractivity contribution >= 4 is 6.03 Å². The van der Waals surface area contributed by atoms with Gasteiger partial charge in [-0.2, -0.15) is 0 Å². The van der Waals surface area contributed by atoms with Gasteiger partial charge in [0.1, 0.15) is 5.75 Å². The molecule has 0 saturated carbocycles. The fourth-order valence-corrected chi connectivity index (χ4v) is 2.18. The van der Waals surface area contributed by atoms with Crippen LogP contribution in [-0.4, -0.2) is 31.4 Å². The number of urea groups is 1. The van der Waals surface area contributed by atoms with Gasteiger partial charge in [-0.15, -0.1) is 0 Å². The molecular weight excluding hydrogens is 280 g/mol. The van der Waals surface area contributed by atoms with E-state index in [0.717, 1.165) is 17.7 Å².